The molecule has 1 rings (SSSR count). The summed E-state index contributed by atoms with van der Waals surface area (Å²) in [5.41, 5.74) is 5.97. The van der Waals surface area contributed by atoms with Gasteiger partial charge < -0.3 is 16.0 Å². The zero-order valence-corrected chi connectivity index (χ0v) is 14.7. The molecule has 0 aliphatic heterocycles. The molecule has 8 heteroatoms. The van der Waals surface area contributed by atoms with Gasteiger partial charge in [-0.1, -0.05) is 13.8 Å². The smallest absolute Gasteiger partial charge is 0.263 e. The van der Waals surface area contributed by atoms with Gasteiger partial charge >= 0.3 is 0 Å². The topological polar surface area (TPSA) is 92.5 Å². The SMILES string of the molecule is CCNC(=O)c1sc(N(C)CC(C)C)c(S(C)(=O)=O)c1N. The third-order valence-corrected chi connectivity index (χ3v) is 5.38. The highest BCUT2D eigenvalue weighted by atomic mass is 32.2. The summed E-state index contributed by atoms with van der Waals surface area (Å²) in [7, 11) is -1.70. The highest BCUT2D eigenvalue weighted by Gasteiger charge is 2.28. The van der Waals surface area contributed by atoms with Crippen LogP contribution in [-0.2, 0) is 9.84 Å². The van der Waals surface area contributed by atoms with Crippen LogP contribution in [0.15, 0.2) is 4.90 Å². The van der Waals surface area contributed by atoms with E-state index in [1.54, 1.807) is 6.92 Å². The van der Waals surface area contributed by atoms with Crippen molar-refractivity contribution in [3.63, 3.8) is 0 Å². The maximum Gasteiger partial charge on any atom is 0.263 e. The number of nitrogens with zero attached hydrogens (tertiary/aromatic N) is 1. The molecule has 0 aromatic carbocycles. The zero-order chi connectivity index (χ0) is 16.4. The number of carbonyl (C=O) groups is 1. The van der Waals surface area contributed by atoms with Crippen LogP contribution in [0.1, 0.15) is 30.4 Å². The Hall–Kier alpha value is -1.28. The van der Waals surface area contributed by atoms with Crippen molar-refractivity contribution in [3.05, 3.63) is 4.88 Å². The van der Waals surface area contributed by atoms with E-state index >= 15 is 0 Å². The highest BCUT2D eigenvalue weighted by molar-refractivity contribution is 7.91. The van der Waals surface area contributed by atoms with E-state index in [4.69, 9.17) is 5.73 Å². The van der Waals surface area contributed by atoms with Crippen molar-refractivity contribution in [1.82, 2.24) is 5.32 Å². The third kappa shape index (κ3) is 4.10. The average Bonchev–Trinajstić information content (AvgIpc) is 2.66. The summed E-state index contributed by atoms with van der Waals surface area (Å²) in [6, 6.07) is 0. The second-order valence-corrected chi connectivity index (χ2v) is 8.34. The lowest BCUT2D eigenvalue weighted by Gasteiger charge is -2.20. The summed E-state index contributed by atoms with van der Waals surface area (Å²) in [6.45, 7) is 7.01. The van der Waals surface area contributed by atoms with Gasteiger partial charge in [-0.15, -0.1) is 11.3 Å². The molecule has 1 heterocycles. The van der Waals surface area contributed by atoms with Gasteiger partial charge in [0.1, 0.15) is 14.8 Å². The van der Waals surface area contributed by atoms with Crippen LogP contribution in [0.2, 0.25) is 0 Å². The van der Waals surface area contributed by atoms with Gasteiger partial charge in [0.2, 0.25) is 0 Å². The minimum absolute atomic E-state index is 0.0408. The van der Waals surface area contributed by atoms with E-state index in [0.29, 0.717) is 24.0 Å². The monoisotopic (exact) mass is 333 g/mol. The summed E-state index contributed by atoms with van der Waals surface area (Å²) in [5, 5.41) is 3.17. The Morgan fingerprint density at radius 3 is 2.43 bits per heavy atom. The molecule has 0 saturated carbocycles. The summed E-state index contributed by atoms with van der Waals surface area (Å²) < 4.78 is 24.1. The minimum Gasteiger partial charge on any atom is -0.396 e. The summed E-state index contributed by atoms with van der Waals surface area (Å²) >= 11 is 1.12. The number of nitrogen functional groups attached to an aromatic ring is 1. The number of sulfone groups is 1. The van der Waals surface area contributed by atoms with Crippen LogP contribution < -0.4 is 16.0 Å². The Morgan fingerprint density at radius 1 is 1.43 bits per heavy atom. The first-order valence-corrected chi connectivity index (χ1v) is 9.42. The fraction of sp³-hybridized carbons (Fsp3) is 0.615. The molecule has 21 heavy (non-hydrogen) atoms. The first-order valence-electron chi connectivity index (χ1n) is 6.71. The van der Waals surface area contributed by atoms with E-state index in [2.05, 4.69) is 5.32 Å². The van der Waals surface area contributed by atoms with Crippen molar-refractivity contribution in [2.24, 2.45) is 5.92 Å². The lowest BCUT2D eigenvalue weighted by atomic mass is 10.2. The van der Waals surface area contributed by atoms with Crippen molar-refractivity contribution < 1.29 is 13.2 Å². The van der Waals surface area contributed by atoms with Gasteiger partial charge in [-0.2, -0.15) is 0 Å². The van der Waals surface area contributed by atoms with Crippen molar-refractivity contribution in [3.8, 4) is 0 Å². The summed E-state index contributed by atoms with van der Waals surface area (Å²) in [6.07, 6.45) is 1.11. The fourth-order valence-electron chi connectivity index (χ4n) is 2.07. The quantitative estimate of drug-likeness (QED) is 0.824. The van der Waals surface area contributed by atoms with E-state index < -0.39 is 9.84 Å². The maximum absolute atomic E-state index is 12.0. The van der Waals surface area contributed by atoms with Crippen LogP contribution in [0, 0.1) is 5.92 Å². The van der Waals surface area contributed by atoms with Crippen molar-refractivity contribution in [1.29, 1.82) is 0 Å². The molecule has 1 aromatic rings. The Labute approximate surface area is 130 Å². The normalized spacial score (nSPS) is 11.7. The molecule has 0 unspecified atom stereocenters. The molecule has 1 aromatic heterocycles. The predicted octanol–water partition coefficient (Wildman–Crippen LogP) is 1.58. The summed E-state index contributed by atoms with van der Waals surface area (Å²) in [5.74, 6) is 0.0211. The molecule has 0 spiro atoms. The second kappa shape index (κ2) is 6.65. The molecule has 120 valence electrons. The molecule has 6 nitrogen and oxygen atoms in total. The Balaban J connectivity index is 3.42. The van der Waals surface area contributed by atoms with Gasteiger partial charge in [-0.3, -0.25) is 4.79 Å². The first-order chi connectivity index (χ1) is 9.59. The van der Waals surface area contributed by atoms with Crippen molar-refractivity contribution in [2.75, 3.05) is 37.0 Å². The van der Waals surface area contributed by atoms with E-state index in [-0.39, 0.29) is 21.4 Å². The highest BCUT2D eigenvalue weighted by Crippen LogP contribution is 2.41. The van der Waals surface area contributed by atoms with Gasteiger partial charge in [-0.25, -0.2) is 8.42 Å². The van der Waals surface area contributed by atoms with Gasteiger partial charge in [0, 0.05) is 26.4 Å². The minimum atomic E-state index is -3.51. The van der Waals surface area contributed by atoms with E-state index in [1.165, 1.54) is 0 Å². The standard InChI is InChI=1S/C13H23N3O3S2/c1-6-15-12(17)10-9(14)11(21(5,18)19)13(20-10)16(4)7-8(2)3/h8H,6-7,14H2,1-5H3,(H,15,17). The summed E-state index contributed by atoms with van der Waals surface area (Å²) in [4.78, 5) is 14.2. The number of nitrogens with one attached hydrogen (secondary N) is 1. The second-order valence-electron chi connectivity index (χ2n) is 5.39. The van der Waals surface area contributed by atoms with Gasteiger partial charge in [0.05, 0.1) is 5.69 Å². The largest absolute Gasteiger partial charge is 0.396 e. The number of hydrogen-bond acceptors (Lipinski definition) is 6. The lowest BCUT2D eigenvalue weighted by Crippen LogP contribution is -2.23. The molecule has 0 aliphatic carbocycles. The molecule has 0 saturated heterocycles. The molecular weight excluding hydrogens is 310 g/mol. The Kier molecular flexibility index (Phi) is 5.63. The fourth-order valence-corrected chi connectivity index (χ4v) is 4.69. The van der Waals surface area contributed by atoms with Crippen molar-refractivity contribution in [2.45, 2.75) is 25.7 Å². The number of carbonyl (C=O) groups excluding carboxylic acids is 1. The van der Waals surface area contributed by atoms with Gasteiger partial charge in [0.15, 0.2) is 9.84 Å². The maximum atomic E-state index is 12.0. The number of hydrogen-bond donors (Lipinski definition) is 2. The average molecular weight is 333 g/mol. The molecule has 0 bridgehead atoms. The Bertz CT molecular complexity index is 621. The van der Waals surface area contributed by atoms with Gasteiger partial charge in [0.25, 0.3) is 5.91 Å². The van der Waals surface area contributed by atoms with Gasteiger partial charge in [-0.05, 0) is 12.8 Å². The molecule has 3 N–H and O–H groups in total. The molecule has 0 atom stereocenters. The van der Waals surface area contributed by atoms with Crippen LogP contribution in [0.25, 0.3) is 0 Å². The zero-order valence-electron chi connectivity index (χ0n) is 13.1. The first kappa shape index (κ1) is 17.8. The predicted molar refractivity (Wildman–Crippen MR) is 88.0 cm³/mol. The number of nitrogens with two attached hydrogens (primary N) is 1. The molecule has 1 amide bonds. The van der Waals surface area contributed by atoms with Crippen molar-refractivity contribution >= 4 is 37.8 Å². The van der Waals surface area contributed by atoms with Crippen LogP contribution in [0.5, 0.6) is 0 Å². The number of rotatable bonds is 6. The van der Waals surface area contributed by atoms with Crippen LogP contribution in [0.3, 0.4) is 0 Å². The van der Waals surface area contributed by atoms with Crippen LogP contribution in [-0.4, -0.2) is 40.7 Å². The van der Waals surface area contributed by atoms with Crippen LogP contribution in [0.4, 0.5) is 10.7 Å². The molecule has 0 radical (unpaired) electrons. The Morgan fingerprint density at radius 2 is 2.00 bits per heavy atom. The van der Waals surface area contributed by atoms with E-state index in [9.17, 15) is 13.2 Å². The lowest BCUT2D eigenvalue weighted by molar-refractivity contribution is 0.0960. The number of anilines is 2. The van der Waals surface area contributed by atoms with E-state index in [1.807, 2.05) is 25.8 Å². The third-order valence-electron chi connectivity index (χ3n) is 2.78. The number of thiophene rings is 1. The van der Waals surface area contributed by atoms with Crippen LogP contribution >= 0.6 is 11.3 Å². The molecule has 0 fully saturated rings. The number of amides is 1. The van der Waals surface area contributed by atoms with E-state index in [0.717, 1.165) is 17.6 Å². The molecule has 0 aliphatic rings. The molecular formula is C13H23N3O3S2.